The number of hydrogen-bond donors (Lipinski definition) is 1. The lowest BCUT2D eigenvalue weighted by Gasteiger charge is -2.42. The van der Waals surface area contributed by atoms with E-state index in [9.17, 15) is 5.11 Å². The van der Waals surface area contributed by atoms with Crippen LogP contribution in [0.15, 0.2) is 24.3 Å². The first-order chi connectivity index (χ1) is 9.29. The molecule has 0 amide bonds. The summed E-state index contributed by atoms with van der Waals surface area (Å²) in [6.45, 7) is 6.69. The molecule has 2 aliphatic heterocycles. The number of hydrogen-bond acceptors (Lipinski definition) is 2. The normalized spacial score (nSPS) is 34.5. The molecule has 2 bridgehead atoms. The van der Waals surface area contributed by atoms with Gasteiger partial charge >= 0.3 is 0 Å². The highest BCUT2D eigenvalue weighted by Gasteiger charge is 2.46. The van der Waals surface area contributed by atoms with E-state index in [2.05, 4.69) is 57.0 Å². The maximum atomic E-state index is 11.2. The third-order valence-electron chi connectivity index (χ3n) is 5.40. The minimum absolute atomic E-state index is 0.136. The van der Waals surface area contributed by atoms with Crippen LogP contribution in [0.4, 0.5) is 0 Å². The van der Waals surface area contributed by atoms with Crippen molar-refractivity contribution in [2.75, 3.05) is 7.05 Å². The lowest BCUT2D eigenvalue weighted by molar-refractivity contribution is -0.0493. The van der Waals surface area contributed by atoms with Crippen molar-refractivity contribution in [2.24, 2.45) is 0 Å². The molecule has 0 aliphatic carbocycles. The molecular formula is C18H27NO. The molecule has 2 heterocycles. The van der Waals surface area contributed by atoms with Crippen LogP contribution in [-0.4, -0.2) is 29.1 Å². The molecule has 2 saturated heterocycles. The van der Waals surface area contributed by atoms with Gasteiger partial charge in [0.2, 0.25) is 0 Å². The standard InChI is InChI=1S/C18H27NO/c1-17(2,3)13-6-5-7-14(10-13)18(20)11-15-8-9-16(12-18)19(15)4/h5-7,10,15-16,20H,8-9,11-12H2,1-4H3. The van der Waals surface area contributed by atoms with Crippen LogP contribution in [0.2, 0.25) is 0 Å². The Morgan fingerprint density at radius 2 is 1.75 bits per heavy atom. The Balaban J connectivity index is 1.93. The first kappa shape index (κ1) is 14.1. The van der Waals surface area contributed by atoms with E-state index >= 15 is 0 Å². The Labute approximate surface area is 122 Å². The summed E-state index contributed by atoms with van der Waals surface area (Å²) in [6.07, 6.45) is 4.24. The van der Waals surface area contributed by atoms with E-state index in [1.165, 1.54) is 18.4 Å². The fourth-order valence-electron chi connectivity index (χ4n) is 3.96. The third kappa shape index (κ3) is 2.29. The first-order valence-corrected chi connectivity index (χ1v) is 7.85. The van der Waals surface area contributed by atoms with Gasteiger partial charge in [-0.2, -0.15) is 0 Å². The number of benzene rings is 1. The van der Waals surface area contributed by atoms with Gasteiger partial charge in [-0.15, -0.1) is 0 Å². The van der Waals surface area contributed by atoms with Crippen LogP contribution in [0.3, 0.4) is 0 Å². The van der Waals surface area contributed by atoms with Crippen LogP contribution in [0, 0.1) is 0 Å². The van der Waals surface area contributed by atoms with Gasteiger partial charge in [-0.25, -0.2) is 0 Å². The summed E-state index contributed by atoms with van der Waals surface area (Å²) in [6, 6.07) is 9.73. The maximum absolute atomic E-state index is 11.2. The summed E-state index contributed by atoms with van der Waals surface area (Å²) < 4.78 is 0. The Hall–Kier alpha value is -0.860. The molecule has 0 radical (unpaired) electrons. The second kappa shape index (κ2) is 4.57. The molecule has 20 heavy (non-hydrogen) atoms. The molecular weight excluding hydrogens is 246 g/mol. The Morgan fingerprint density at radius 1 is 1.15 bits per heavy atom. The van der Waals surface area contributed by atoms with Gasteiger partial charge in [0.1, 0.15) is 0 Å². The molecule has 0 saturated carbocycles. The smallest absolute Gasteiger partial charge is 0.0926 e. The molecule has 110 valence electrons. The minimum Gasteiger partial charge on any atom is -0.385 e. The largest absolute Gasteiger partial charge is 0.385 e. The van der Waals surface area contributed by atoms with Gasteiger partial charge < -0.3 is 10.0 Å². The van der Waals surface area contributed by atoms with Crippen molar-refractivity contribution < 1.29 is 5.11 Å². The SMILES string of the molecule is CN1C2CCC1CC(O)(c1cccc(C(C)(C)C)c1)C2. The average molecular weight is 273 g/mol. The summed E-state index contributed by atoms with van der Waals surface area (Å²) in [4.78, 5) is 2.47. The van der Waals surface area contributed by atoms with E-state index in [4.69, 9.17) is 0 Å². The summed E-state index contributed by atoms with van der Waals surface area (Å²) in [5, 5.41) is 11.2. The molecule has 2 nitrogen and oxygen atoms in total. The van der Waals surface area contributed by atoms with E-state index in [0.29, 0.717) is 12.1 Å². The van der Waals surface area contributed by atoms with Gasteiger partial charge in [-0.05, 0) is 49.3 Å². The predicted octanol–water partition coefficient (Wildman–Crippen LogP) is 3.43. The highest BCUT2D eigenvalue weighted by atomic mass is 16.3. The highest BCUT2D eigenvalue weighted by Crippen LogP contribution is 2.45. The third-order valence-corrected chi connectivity index (χ3v) is 5.40. The zero-order valence-electron chi connectivity index (χ0n) is 13.2. The van der Waals surface area contributed by atoms with Crippen LogP contribution in [-0.2, 0) is 11.0 Å². The van der Waals surface area contributed by atoms with Gasteiger partial charge in [0, 0.05) is 12.1 Å². The Bertz CT molecular complexity index is 488. The second-order valence-corrected chi connectivity index (χ2v) is 7.82. The van der Waals surface area contributed by atoms with E-state index in [1.807, 2.05) is 0 Å². The molecule has 0 aromatic heterocycles. The lowest BCUT2D eigenvalue weighted by Crippen LogP contribution is -2.47. The number of piperidine rings is 1. The van der Waals surface area contributed by atoms with Crippen molar-refractivity contribution in [3.05, 3.63) is 35.4 Å². The maximum Gasteiger partial charge on any atom is 0.0926 e. The van der Waals surface area contributed by atoms with Gasteiger partial charge in [0.15, 0.2) is 0 Å². The van der Waals surface area contributed by atoms with Crippen molar-refractivity contribution >= 4 is 0 Å². The molecule has 2 heteroatoms. The van der Waals surface area contributed by atoms with Crippen molar-refractivity contribution in [3.63, 3.8) is 0 Å². The highest BCUT2D eigenvalue weighted by molar-refractivity contribution is 5.33. The van der Waals surface area contributed by atoms with Gasteiger partial charge in [0.05, 0.1) is 5.60 Å². The Kier molecular flexibility index (Phi) is 3.22. The molecule has 1 N–H and O–H groups in total. The molecule has 0 spiro atoms. The van der Waals surface area contributed by atoms with Gasteiger partial charge in [-0.1, -0.05) is 45.0 Å². The number of nitrogens with zero attached hydrogens (tertiary/aromatic N) is 1. The number of aliphatic hydroxyl groups is 1. The van der Waals surface area contributed by atoms with Crippen LogP contribution >= 0.6 is 0 Å². The molecule has 1 aromatic rings. The van der Waals surface area contributed by atoms with Crippen molar-refractivity contribution in [2.45, 2.75) is 69.6 Å². The summed E-state index contributed by atoms with van der Waals surface area (Å²) >= 11 is 0. The average Bonchev–Trinajstić information content (AvgIpc) is 2.62. The molecule has 2 unspecified atom stereocenters. The topological polar surface area (TPSA) is 23.5 Å². The van der Waals surface area contributed by atoms with E-state index in [-0.39, 0.29) is 5.41 Å². The zero-order valence-corrected chi connectivity index (χ0v) is 13.2. The monoisotopic (exact) mass is 273 g/mol. The molecule has 2 atom stereocenters. The van der Waals surface area contributed by atoms with Gasteiger partial charge in [-0.3, -0.25) is 0 Å². The predicted molar refractivity (Wildman–Crippen MR) is 82.8 cm³/mol. The van der Waals surface area contributed by atoms with Crippen molar-refractivity contribution in [1.29, 1.82) is 0 Å². The lowest BCUT2D eigenvalue weighted by atomic mass is 9.78. The van der Waals surface area contributed by atoms with Crippen molar-refractivity contribution in [3.8, 4) is 0 Å². The fraction of sp³-hybridized carbons (Fsp3) is 0.667. The van der Waals surface area contributed by atoms with Crippen LogP contribution in [0.5, 0.6) is 0 Å². The Morgan fingerprint density at radius 3 is 2.30 bits per heavy atom. The summed E-state index contributed by atoms with van der Waals surface area (Å²) in [7, 11) is 2.22. The minimum atomic E-state index is -0.625. The first-order valence-electron chi connectivity index (χ1n) is 7.85. The molecule has 1 aromatic carbocycles. The number of fused-ring (bicyclic) bond motifs is 2. The molecule has 2 fully saturated rings. The van der Waals surface area contributed by atoms with E-state index in [0.717, 1.165) is 18.4 Å². The zero-order chi connectivity index (χ0) is 14.5. The molecule has 2 aliphatic rings. The van der Waals surface area contributed by atoms with Crippen LogP contribution < -0.4 is 0 Å². The van der Waals surface area contributed by atoms with Gasteiger partial charge in [0.25, 0.3) is 0 Å². The van der Waals surface area contributed by atoms with E-state index < -0.39 is 5.60 Å². The summed E-state index contributed by atoms with van der Waals surface area (Å²) in [5.41, 5.74) is 1.95. The van der Waals surface area contributed by atoms with Crippen LogP contribution in [0.25, 0.3) is 0 Å². The second-order valence-electron chi connectivity index (χ2n) is 7.82. The quantitative estimate of drug-likeness (QED) is 0.847. The van der Waals surface area contributed by atoms with Crippen molar-refractivity contribution in [1.82, 2.24) is 4.90 Å². The molecule has 3 rings (SSSR count). The van der Waals surface area contributed by atoms with E-state index in [1.54, 1.807) is 0 Å². The summed E-state index contributed by atoms with van der Waals surface area (Å²) in [5.74, 6) is 0. The fourth-order valence-corrected chi connectivity index (χ4v) is 3.96. The van der Waals surface area contributed by atoms with Crippen LogP contribution in [0.1, 0.15) is 57.6 Å². The number of rotatable bonds is 1.